The molecule has 0 aliphatic carbocycles. The molecule has 0 spiro atoms. The van der Waals surface area contributed by atoms with Gasteiger partial charge < -0.3 is 14.7 Å². The molecule has 1 heterocycles. The van der Waals surface area contributed by atoms with E-state index in [-0.39, 0.29) is 36.4 Å². The Labute approximate surface area is 157 Å². The van der Waals surface area contributed by atoms with Crippen molar-refractivity contribution in [3.8, 4) is 5.75 Å². The molecule has 1 aliphatic rings. The fraction of sp³-hybridized carbons (Fsp3) is 0.350. The molecule has 2 aromatic carbocycles. The van der Waals surface area contributed by atoms with E-state index in [1.54, 1.807) is 47.4 Å². The second kappa shape index (κ2) is 8.64. The molecule has 27 heavy (non-hydrogen) atoms. The summed E-state index contributed by atoms with van der Waals surface area (Å²) in [6, 6.07) is 13.1. The van der Waals surface area contributed by atoms with Crippen LogP contribution in [0.1, 0.15) is 24.0 Å². The van der Waals surface area contributed by atoms with Crippen LogP contribution in [0, 0.1) is 10.1 Å². The van der Waals surface area contributed by atoms with Gasteiger partial charge in [-0.05, 0) is 18.9 Å². The Hall–Kier alpha value is -2.93. The first-order chi connectivity index (χ1) is 13.0. The van der Waals surface area contributed by atoms with E-state index >= 15 is 0 Å². The van der Waals surface area contributed by atoms with Gasteiger partial charge in [-0.25, -0.2) is 0 Å². The van der Waals surface area contributed by atoms with Crippen molar-refractivity contribution in [3.63, 3.8) is 0 Å². The van der Waals surface area contributed by atoms with Gasteiger partial charge >= 0.3 is 0 Å². The van der Waals surface area contributed by atoms with Gasteiger partial charge in [-0.15, -0.1) is 0 Å². The predicted octanol–water partition coefficient (Wildman–Crippen LogP) is 3.05. The van der Waals surface area contributed by atoms with Crippen LogP contribution in [0.5, 0.6) is 5.75 Å². The standard InChI is InChI=1S/C20H22N2O5/c23-19-10-4-2-7-16(19)13-21(14-17-8-5-11-27-17)20(24)12-15-6-1-3-9-18(15)22(25)26/h1-4,6-7,9-10,17,23H,5,8,11-14H2. The zero-order chi connectivity index (χ0) is 19.2. The summed E-state index contributed by atoms with van der Waals surface area (Å²) in [7, 11) is 0. The van der Waals surface area contributed by atoms with Crippen molar-refractivity contribution >= 4 is 11.6 Å². The number of carbonyl (C=O) groups is 1. The molecule has 1 N–H and O–H groups in total. The number of hydrogen-bond donors (Lipinski definition) is 1. The summed E-state index contributed by atoms with van der Waals surface area (Å²) >= 11 is 0. The number of hydrogen-bond acceptors (Lipinski definition) is 5. The van der Waals surface area contributed by atoms with Crippen LogP contribution in [0.15, 0.2) is 48.5 Å². The molecule has 0 aromatic heterocycles. The van der Waals surface area contributed by atoms with Crippen LogP contribution in [0.25, 0.3) is 0 Å². The fourth-order valence-corrected chi connectivity index (χ4v) is 3.25. The molecule has 1 fully saturated rings. The fourth-order valence-electron chi connectivity index (χ4n) is 3.25. The lowest BCUT2D eigenvalue weighted by Crippen LogP contribution is -2.38. The number of rotatable bonds is 7. The van der Waals surface area contributed by atoms with Gasteiger partial charge in [0, 0.05) is 36.9 Å². The highest BCUT2D eigenvalue weighted by atomic mass is 16.6. The average molecular weight is 370 g/mol. The largest absolute Gasteiger partial charge is 0.508 e. The molecule has 0 bridgehead atoms. The van der Waals surface area contributed by atoms with E-state index in [1.807, 2.05) is 0 Å². The molecule has 7 heteroatoms. The normalized spacial score (nSPS) is 16.2. The second-order valence-electron chi connectivity index (χ2n) is 6.60. The SMILES string of the molecule is O=C(Cc1ccccc1[N+](=O)[O-])N(Cc1ccccc1O)CC1CCCO1. The highest BCUT2D eigenvalue weighted by molar-refractivity contribution is 5.80. The van der Waals surface area contributed by atoms with Crippen LogP contribution in [0.2, 0.25) is 0 Å². The summed E-state index contributed by atoms with van der Waals surface area (Å²) < 4.78 is 5.65. The van der Waals surface area contributed by atoms with E-state index in [9.17, 15) is 20.0 Å². The van der Waals surface area contributed by atoms with Gasteiger partial charge in [0.1, 0.15) is 5.75 Å². The third-order valence-electron chi connectivity index (χ3n) is 4.68. The lowest BCUT2D eigenvalue weighted by molar-refractivity contribution is -0.385. The molecule has 1 unspecified atom stereocenters. The maximum atomic E-state index is 13.0. The number of amides is 1. The molecule has 1 aliphatic heterocycles. The molecule has 2 aromatic rings. The number of nitro benzene ring substituents is 1. The molecule has 1 saturated heterocycles. The first-order valence-corrected chi connectivity index (χ1v) is 8.93. The third kappa shape index (κ3) is 4.83. The van der Waals surface area contributed by atoms with Crippen LogP contribution in [0.4, 0.5) is 5.69 Å². The summed E-state index contributed by atoms with van der Waals surface area (Å²) in [5.74, 6) is -0.114. The van der Waals surface area contributed by atoms with E-state index < -0.39 is 4.92 Å². The Morgan fingerprint density at radius 3 is 2.56 bits per heavy atom. The Bertz CT molecular complexity index is 818. The average Bonchev–Trinajstić information content (AvgIpc) is 3.16. The van der Waals surface area contributed by atoms with Crippen LogP contribution < -0.4 is 0 Å². The zero-order valence-corrected chi connectivity index (χ0v) is 14.9. The van der Waals surface area contributed by atoms with Crippen LogP contribution in [-0.4, -0.2) is 40.1 Å². The number of nitrogens with zero attached hydrogens (tertiary/aromatic N) is 2. The van der Waals surface area contributed by atoms with Crippen molar-refractivity contribution in [1.82, 2.24) is 4.90 Å². The summed E-state index contributed by atoms with van der Waals surface area (Å²) in [6.45, 7) is 1.30. The van der Waals surface area contributed by atoms with Gasteiger partial charge in [-0.2, -0.15) is 0 Å². The number of carbonyl (C=O) groups excluding carboxylic acids is 1. The molecule has 0 saturated carbocycles. The molecule has 7 nitrogen and oxygen atoms in total. The topological polar surface area (TPSA) is 92.9 Å². The van der Waals surface area contributed by atoms with Crippen molar-refractivity contribution in [2.45, 2.75) is 31.9 Å². The van der Waals surface area contributed by atoms with Gasteiger partial charge in [-0.1, -0.05) is 36.4 Å². The molecule has 1 atom stereocenters. The first kappa shape index (κ1) is 18.8. The van der Waals surface area contributed by atoms with Crippen LogP contribution >= 0.6 is 0 Å². The number of benzene rings is 2. The Morgan fingerprint density at radius 1 is 1.19 bits per heavy atom. The van der Waals surface area contributed by atoms with Gasteiger partial charge in [0.25, 0.3) is 5.69 Å². The predicted molar refractivity (Wildman–Crippen MR) is 99.3 cm³/mol. The van der Waals surface area contributed by atoms with Gasteiger partial charge in [-0.3, -0.25) is 14.9 Å². The van der Waals surface area contributed by atoms with Gasteiger partial charge in [0.05, 0.1) is 17.4 Å². The van der Waals surface area contributed by atoms with Crippen molar-refractivity contribution in [2.24, 2.45) is 0 Å². The van der Waals surface area contributed by atoms with Gasteiger partial charge in [0.15, 0.2) is 0 Å². The monoisotopic (exact) mass is 370 g/mol. The van der Waals surface area contributed by atoms with E-state index in [0.717, 1.165) is 12.8 Å². The molecule has 3 rings (SSSR count). The minimum atomic E-state index is -0.476. The van der Waals surface area contributed by atoms with Crippen molar-refractivity contribution < 1.29 is 19.6 Å². The lowest BCUT2D eigenvalue weighted by Gasteiger charge is -2.26. The molecule has 142 valence electrons. The third-order valence-corrected chi connectivity index (χ3v) is 4.68. The molecular formula is C20H22N2O5. The summed E-state index contributed by atoms with van der Waals surface area (Å²) in [5, 5.41) is 21.3. The van der Waals surface area contributed by atoms with E-state index in [2.05, 4.69) is 0 Å². The number of ether oxygens (including phenoxy) is 1. The minimum Gasteiger partial charge on any atom is -0.508 e. The van der Waals surface area contributed by atoms with Crippen LogP contribution in [-0.2, 0) is 22.5 Å². The molecule has 1 amide bonds. The highest BCUT2D eigenvalue weighted by Gasteiger charge is 2.25. The zero-order valence-electron chi connectivity index (χ0n) is 14.9. The van der Waals surface area contributed by atoms with E-state index in [4.69, 9.17) is 4.74 Å². The number of nitro groups is 1. The van der Waals surface area contributed by atoms with E-state index in [1.165, 1.54) is 6.07 Å². The Morgan fingerprint density at radius 2 is 1.89 bits per heavy atom. The molecule has 0 radical (unpaired) electrons. The quantitative estimate of drug-likeness (QED) is 0.597. The van der Waals surface area contributed by atoms with Crippen molar-refractivity contribution in [3.05, 3.63) is 69.8 Å². The maximum absolute atomic E-state index is 13.0. The summed E-state index contributed by atoms with van der Waals surface area (Å²) in [4.78, 5) is 25.3. The number of aromatic hydroxyl groups is 1. The Balaban J connectivity index is 1.80. The summed E-state index contributed by atoms with van der Waals surface area (Å²) in [5.41, 5.74) is 0.944. The Kier molecular flexibility index (Phi) is 6.03. The minimum absolute atomic E-state index is 0.0504. The molecular weight excluding hydrogens is 348 g/mol. The summed E-state index contributed by atoms with van der Waals surface area (Å²) in [6.07, 6.45) is 1.70. The van der Waals surface area contributed by atoms with Gasteiger partial charge in [0.2, 0.25) is 5.91 Å². The number of para-hydroxylation sites is 2. The van der Waals surface area contributed by atoms with E-state index in [0.29, 0.717) is 24.3 Å². The second-order valence-corrected chi connectivity index (χ2v) is 6.60. The van der Waals surface area contributed by atoms with Crippen LogP contribution in [0.3, 0.4) is 0 Å². The first-order valence-electron chi connectivity index (χ1n) is 8.93. The highest BCUT2D eigenvalue weighted by Crippen LogP contribution is 2.23. The van der Waals surface area contributed by atoms with Crippen molar-refractivity contribution in [2.75, 3.05) is 13.2 Å². The lowest BCUT2D eigenvalue weighted by atomic mass is 10.1. The number of phenolic OH excluding ortho intramolecular Hbond substituents is 1. The van der Waals surface area contributed by atoms with Crippen molar-refractivity contribution in [1.29, 1.82) is 0 Å². The smallest absolute Gasteiger partial charge is 0.273 e. The number of phenols is 1. The maximum Gasteiger partial charge on any atom is 0.273 e.